The SMILES string of the molecule is Clc1nnc(-c2cncnc2)cc1[C@H]1C[C@@H]1c1ccccc1. The predicted octanol–water partition coefficient (Wildman–Crippen LogP) is 3.86. The van der Waals surface area contributed by atoms with Gasteiger partial charge in [-0.2, -0.15) is 0 Å². The van der Waals surface area contributed by atoms with E-state index in [1.165, 1.54) is 11.9 Å². The van der Waals surface area contributed by atoms with E-state index in [4.69, 9.17) is 11.6 Å². The number of hydrogen-bond donors (Lipinski definition) is 0. The van der Waals surface area contributed by atoms with Crippen molar-refractivity contribution < 1.29 is 0 Å². The first kappa shape index (κ1) is 13.3. The zero-order valence-corrected chi connectivity index (χ0v) is 12.5. The molecule has 22 heavy (non-hydrogen) atoms. The van der Waals surface area contributed by atoms with Crippen molar-refractivity contribution >= 4 is 11.6 Å². The molecule has 108 valence electrons. The monoisotopic (exact) mass is 308 g/mol. The number of hydrogen-bond acceptors (Lipinski definition) is 4. The summed E-state index contributed by atoms with van der Waals surface area (Å²) in [6.45, 7) is 0. The van der Waals surface area contributed by atoms with E-state index in [0.717, 1.165) is 23.2 Å². The number of halogens is 1. The van der Waals surface area contributed by atoms with Gasteiger partial charge in [0.15, 0.2) is 5.15 Å². The first-order valence-corrected chi connectivity index (χ1v) is 7.54. The molecule has 1 saturated carbocycles. The molecule has 2 atom stereocenters. The molecule has 2 aromatic heterocycles. The Morgan fingerprint density at radius 1 is 0.955 bits per heavy atom. The fraction of sp³-hybridized carbons (Fsp3) is 0.176. The van der Waals surface area contributed by atoms with E-state index in [9.17, 15) is 0 Å². The summed E-state index contributed by atoms with van der Waals surface area (Å²) in [7, 11) is 0. The Labute approximate surface area is 133 Å². The highest BCUT2D eigenvalue weighted by Crippen LogP contribution is 2.55. The maximum Gasteiger partial charge on any atom is 0.155 e. The standard InChI is InChI=1S/C17H13ClN4/c18-17-15(14-6-13(14)11-4-2-1-3-5-11)7-16(21-22-17)12-8-19-10-20-9-12/h1-5,7-10,13-14H,6H2/t13-,14+/m1/s1. The van der Waals surface area contributed by atoms with Crippen molar-refractivity contribution in [3.8, 4) is 11.3 Å². The molecule has 0 radical (unpaired) electrons. The van der Waals surface area contributed by atoms with Crippen molar-refractivity contribution in [2.45, 2.75) is 18.3 Å². The lowest BCUT2D eigenvalue weighted by atomic mass is 10.0. The van der Waals surface area contributed by atoms with Crippen LogP contribution in [-0.4, -0.2) is 20.2 Å². The zero-order valence-electron chi connectivity index (χ0n) is 11.7. The second kappa shape index (κ2) is 5.46. The quantitative estimate of drug-likeness (QED) is 0.737. The lowest BCUT2D eigenvalue weighted by Crippen LogP contribution is -1.95. The number of nitrogens with zero attached hydrogens (tertiary/aromatic N) is 4. The van der Waals surface area contributed by atoms with Gasteiger partial charge in [-0.3, -0.25) is 0 Å². The highest BCUT2D eigenvalue weighted by Gasteiger charge is 2.41. The van der Waals surface area contributed by atoms with Crippen molar-refractivity contribution in [1.29, 1.82) is 0 Å². The molecule has 0 aliphatic heterocycles. The van der Waals surface area contributed by atoms with E-state index in [0.29, 0.717) is 17.0 Å². The molecular formula is C17H13ClN4. The van der Waals surface area contributed by atoms with Crippen molar-refractivity contribution in [2.24, 2.45) is 0 Å². The van der Waals surface area contributed by atoms with E-state index in [2.05, 4.69) is 44.4 Å². The number of rotatable bonds is 3. The number of benzene rings is 1. The molecule has 5 heteroatoms. The van der Waals surface area contributed by atoms with Gasteiger partial charge in [0, 0.05) is 18.0 Å². The summed E-state index contributed by atoms with van der Waals surface area (Å²) in [6, 6.07) is 12.5. The highest BCUT2D eigenvalue weighted by molar-refractivity contribution is 6.30. The van der Waals surface area contributed by atoms with E-state index in [1.54, 1.807) is 12.4 Å². The van der Waals surface area contributed by atoms with Gasteiger partial charge in [0.05, 0.1) is 5.69 Å². The minimum Gasteiger partial charge on any atom is -0.244 e. The molecule has 1 fully saturated rings. The van der Waals surface area contributed by atoms with Crippen molar-refractivity contribution in [3.63, 3.8) is 0 Å². The van der Waals surface area contributed by atoms with Crippen LogP contribution >= 0.6 is 11.6 Å². The molecule has 4 rings (SSSR count). The van der Waals surface area contributed by atoms with E-state index < -0.39 is 0 Å². The molecule has 0 bridgehead atoms. The molecule has 2 heterocycles. The maximum atomic E-state index is 6.27. The van der Waals surface area contributed by atoms with Crippen LogP contribution in [-0.2, 0) is 0 Å². The van der Waals surface area contributed by atoms with Crippen LogP contribution in [0.5, 0.6) is 0 Å². The average molecular weight is 309 g/mol. The summed E-state index contributed by atoms with van der Waals surface area (Å²) < 4.78 is 0. The van der Waals surface area contributed by atoms with Gasteiger partial charge in [-0.15, -0.1) is 10.2 Å². The molecule has 1 aliphatic carbocycles. The molecular weight excluding hydrogens is 296 g/mol. The lowest BCUT2D eigenvalue weighted by Gasteiger charge is -2.06. The van der Waals surface area contributed by atoms with Crippen LogP contribution in [0.1, 0.15) is 29.4 Å². The van der Waals surface area contributed by atoms with E-state index >= 15 is 0 Å². The summed E-state index contributed by atoms with van der Waals surface area (Å²) in [5, 5.41) is 8.75. The fourth-order valence-corrected chi connectivity index (χ4v) is 3.06. The van der Waals surface area contributed by atoms with Crippen molar-refractivity contribution in [2.75, 3.05) is 0 Å². The van der Waals surface area contributed by atoms with Crippen LogP contribution in [0.2, 0.25) is 5.15 Å². The van der Waals surface area contributed by atoms with Crippen molar-refractivity contribution in [3.05, 3.63) is 71.4 Å². The number of aromatic nitrogens is 4. The van der Waals surface area contributed by atoms with Gasteiger partial charge >= 0.3 is 0 Å². The normalized spacial score (nSPS) is 19.9. The topological polar surface area (TPSA) is 51.6 Å². The molecule has 0 unspecified atom stereocenters. The van der Waals surface area contributed by atoms with E-state index in [1.807, 2.05) is 12.1 Å². The summed E-state index contributed by atoms with van der Waals surface area (Å²) in [6.07, 6.45) is 6.06. The third kappa shape index (κ3) is 2.46. The Bertz CT molecular complexity index is 792. The molecule has 4 nitrogen and oxygen atoms in total. The summed E-state index contributed by atoms with van der Waals surface area (Å²) in [4.78, 5) is 8.05. The Hall–Kier alpha value is -2.33. The maximum absolute atomic E-state index is 6.27. The largest absolute Gasteiger partial charge is 0.244 e. The minimum absolute atomic E-state index is 0.411. The van der Waals surface area contributed by atoms with Gasteiger partial charge in [-0.25, -0.2) is 9.97 Å². The van der Waals surface area contributed by atoms with Crippen LogP contribution in [0.15, 0.2) is 55.1 Å². The van der Waals surface area contributed by atoms with Gasteiger partial charge in [-0.1, -0.05) is 41.9 Å². The summed E-state index contributed by atoms with van der Waals surface area (Å²) in [5.41, 5.74) is 4.03. The smallest absolute Gasteiger partial charge is 0.155 e. The Balaban J connectivity index is 1.66. The van der Waals surface area contributed by atoms with Gasteiger partial charge < -0.3 is 0 Å². The summed E-state index contributed by atoms with van der Waals surface area (Å²) in [5.74, 6) is 0.927. The molecule has 3 aromatic rings. The zero-order chi connectivity index (χ0) is 14.9. The second-order valence-electron chi connectivity index (χ2n) is 5.46. The Kier molecular flexibility index (Phi) is 3.31. The Morgan fingerprint density at radius 3 is 2.50 bits per heavy atom. The van der Waals surface area contributed by atoms with Crippen LogP contribution in [0.4, 0.5) is 0 Å². The molecule has 1 aromatic carbocycles. The van der Waals surface area contributed by atoms with Gasteiger partial charge in [0.2, 0.25) is 0 Å². The first-order chi connectivity index (χ1) is 10.8. The molecule has 0 N–H and O–H groups in total. The van der Waals surface area contributed by atoms with Crippen LogP contribution in [0.25, 0.3) is 11.3 Å². The van der Waals surface area contributed by atoms with E-state index in [-0.39, 0.29) is 0 Å². The molecule has 1 aliphatic rings. The average Bonchev–Trinajstić information content (AvgIpc) is 3.37. The molecule has 0 spiro atoms. The lowest BCUT2D eigenvalue weighted by molar-refractivity contribution is 0.957. The first-order valence-electron chi connectivity index (χ1n) is 7.16. The van der Waals surface area contributed by atoms with Crippen LogP contribution in [0, 0.1) is 0 Å². The Morgan fingerprint density at radius 2 is 1.73 bits per heavy atom. The summed E-state index contributed by atoms with van der Waals surface area (Å²) >= 11 is 6.27. The molecule has 0 saturated heterocycles. The second-order valence-corrected chi connectivity index (χ2v) is 5.82. The van der Waals surface area contributed by atoms with Crippen molar-refractivity contribution in [1.82, 2.24) is 20.2 Å². The van der Waals surface area contributed by atoms with Gasteiger partial charge in [-0.05, 0) is 35.4 Å². The third-order valence-corrected chi connectivity index (χ3v) is 4.34. The van der Waals surface area contributed by atoms with Gasteiger partial charge in [0.25, 0.3) is 0 Å². The highest BCUT2D eigenvalue weighted by atomic mass is 35.5. The third-order valence-electron chi connectivity index (χ3n) is 4.05. The minimum atomic E-state index is 0.411. The predicted molar refractivity (Wildman–Crippen MR) is 84.6 cm³/mol. The van der Waals surface area contributed by atoms with Crippen LogP contribution in [0.3, 0.4) is 0 Å². The van der Waals surface area contributed by atoms with Gasteiger partial charge in [0.1, 0.15) is 6.33 Å². The molecule has 0 amide bonds. The van der Waals surface area contributed by atoms with Crippen LogP contribution < -0.4 is 0 Å². The fourth-order valence-electron chi connectivity index (χ4n) is 2.83.